The van der Waals surface area contributed by atoms with Crippen LogP contribution in [0.2, 0.25) is 5.02 Å². The second kappa shape index (κ2) is 6.96. The minimum absolute atomic E-state index is 0.0605. The fourth-order valence-electron chi connectivity index (χ4n) is 1.77. The Morgan fingerprint density at radius 1 is 1.24 bits per heavy atom. The third-order valence-corrected chi connectivity index (χ3v) is 3.57. The van der Waals surface area contributed by atoms with Crippen molar-refractivity contribution < 1.29 is 9.53 Å². The molecule has 2 aromatic carbocycles. The van der Waals surface area contributed by atoms with Gasteiger partial charge in [-0.3, -0.25) is 4.79 Å². The van der Waals surface area contributed by atoms with Gasteiger partial charge in [-0.05, 0) is 66.2 Å². The predicted molar refractivity (Wildman–Crippen MR) is 89.3 cm³/mol. The molecule has 0 aliphatic rings. The summed E-state index contributed by atoms with van der Waals surface area (Å²) >= 11 is 9.32. The largest absolute Gasteiger partial charge is 0.491 e. The molecule has 0 saturated heterocycles. The maximum atomic E-state index is 12.3. The van der Waals surface area contributed by atoms with Crippen molar-refractivity contribution in [1.82, 2.24) is 0 Å². The number of rotatable bonds is 4. The van der Waals surface area contributed by atoms with E-state index in [0.29, 0.717) is 22.0 Å². The Hall–Kier alpha value is -1.52. The van der Waals surface area contributed by atoms with E-state index in [1.807, 2.05) is 19.9 Å². The lowest BCUT2D eigenvalue weighted by molar-refractivity contribution is 0.102. The van der Waals surface area contributed by atoms with E-state index in [0.717, 1.165) is 4.47 Å². The van der Waals surface area contributed by atoms with Gasteiger partial charge in [-0.2, -0.15) is 0 Å². The van der Waals surface area contributed by atoms with E-state index < -0.39 is 0 Å². The molecule has 5 heteroatoms. The highest BCUT2D eigenvalue weighted by Gasteiger charge is 2.10. The van der Waals surface area contributed by atoms with E-state index in [9.17, 15) is 4.79 Å². The van der Waals surface area contributed by atoms with Gasteiger partial charge >= 0.3 is 0 Å². The van der Waals surface area contributed by atoms with Crippen molar-refractivity contribution in [2.75, 3.05) is 5.32 Å². The van der Waals surface area contributed by atoms with Crippen LogP contribution in [-0.2, 0) is 0 Å². The summed E-state index contributed by atoms with van der Waals surface area (Å²) in [5.74, 6) is 0.454. The zero-order chi connectivity index (χ0) is 15.4. The Morgan fingerprint density at radius 2 is 2.00 bits per heavy atom. The van der Waals surface area contributed by atoms with Crippen molar-refractivity contribution in [1.29, 1.82) is 0 Å². The van der Waals surface area contributed by atoms with Crippen molar-refractivity contribution >= 4 is 39.1 Å². The van der Waals surface area contributed by atoms with Crippen LogP contribution in [0.1, 0.15) is 24.2 Å². The smallest absolute Gasteiger partial charge is 0.255 e. The summed E-state index contributed by atoms with van der Waals surface area (Å²) < 4.78 is 6.36. The van der Waals surface area contributed by atoms with E-state index in [4.69, 9.17) is 16.3 Å². The van der Waals surface area contributed by atoms with Gasteiger partial charge in [-0.15, -0.1) is 0 Å². The van der Waals surface area contributed by atoms with E-state index in [1.54, 1.807) is 36.4 Å². The molecule has 1 N–H and O–H groups in total. The molecule has 0 spiro atoms. The van der Waals surface area contributed by atoms with Crippen LogP contribution in [0, 0.1) is 0 Å². The lowest BCUT2D eigenvalue weighted by Crippen LogP contribution is -2.13. The third-order valence-electron chi connectivity index (χ3n) is 2.64. The topological polar surface area (TPSA) is 38.3 Å². The molecule has 0 heterocycles. The van der Waals surface area contributed by atoms with E-state index >= 15 is 0 Å². The van der Waals surface area contributed by atoms with E-state index in [2.05, 4.69) is 21.2 Å². The van der Waals surface area contributed by atoms with Crippen LogP contribution in [0.15, 0.2) is 46.9 Å². The standard InChI is InChI=1S/C16H15BrClNO2/c1-10(2)21-13-5-3-4-11(8-13)16(20)19-15-9-12(18)6-7-14(15)17/h3-10H,1-2H3,(H,19,20). The van der Waals surface area contributed by atoms with E-state index in [1.165, 1.54) is 0 Å². The monoisotopic (exact) mass is 367 g/mol. The highest BCUT2D eigenvalue weighted by Crippen LogP contribution is 2.26. The van der Waals surface area contributed by atoms with Gasteiger partial charge in [0.05, 0.1) is 11.8 Å². The second-order valence-electron chi connectivity index (χ2n) is 4.77. The number of nitrogens with one attached hydrogen (secondary N) is 1. The van der Waals surface area contributed by atoms with Gasteiger partial charge in [0.25, 0.3) is 5.91 Å². The Balaban J connectivity index is 2.18. The number of benzene rings is 2. The number of hydrogen-bond donors (Lipinski definition) is 1. The summed E-state index contributed by atoms with van der Waals surface area (Å²) in [4.78, 5) is 12.3. The number of ether oxygens (including phenoxy) is 1. The fourth-order valence-corrected chi connectivity index (χ4v) is 2.29. The molecule has 1 amide bonds. The molecule has 0 unspecified atom stereocenters. The zero-order valence-corrected chi connectivity index (χ0v) is 14.0. The first-order chi connectivity index (χ1) is 9.95. The predicted octanol–water partition coefficient (Wildman–Crippen LogP) is 5.14. The van der Waals surface area contributed by atoms with Crippen LogP contribution < -0.4 is 10.1 Å². The molecule has 0 fully saturated rings. The molecule has 110 valence electrons. The third kappa shape index (κ3) is 4.48. The number of halogens is 2. The molecule has 3 nitrogen and oxygen atoms in total. The Kier molecular flexibility index (Phi) is 5.26. The van der Waals surface area contributed by atoms with Crippen LogP contribution in [0.25, 0.3) is 0 Å². The summed E-state index contributed by atoms with van der Waals surface area (Å²) in [7, 11) is 0. The van der Waals surface area contributed by atoms with E-state index in [-0.39, 0.29) is 12.0 Å². The lowest BCUT2D eigenvalue weighted by Gasteiger charge is -2.11. The van der Waals surface area contributed by atoms with Gasteiger partial charge in [0.15, 0.2) is 0 Å². The molecule has 0 aromatic heterocycles. The van der Waals surface area contributed by atoms with Crippen molar-refractivity contribution in [3.8, 4) is 5.75 Å². The molecule has 21 heavy (non-hydrogen) atoms. The van der Waals surface area contributed by atoms with Crippen molar-refractivity contribution in [3.63, 3.8) is 0 Å². The average Bonchev–Trinajstić information content (AvgIpc) is 2.42. The zero-order valence-electron chi connectivity index (χ0n) is 11.7. The summed E-state index contributed by atoms with van der Waals surface area (Å²) in [5, 5.41) is 3.38. The molecule has 2 aromatic rings. The van der Waals surface area contributed by atoms with Crippen molar-refractivity contribution in [3.05, 3.63) is 57.5 Å². The molecular formula is C16H15BrClNO2. The number of amides is 1. The summed E-state index contributed by atoms with van der Waals surface area (Å²) in [5.41, 5.74) is 1.16. The highest BCUT2D eigenvalue weighted by atomic mass is 79.9. The molecular weight excluding hydrogens is 354 g/mol. The van der Waals surface area contributed by atoms with Crippen molar-refractivity contribution in [2.24, 2.45) is 0 Å². The molecule has 0 bridgehead atoms. The van der Waals surface area contributed by atoms with Crippen molar-refractivity contribution in [2.45, 2.75) is 20.0 Å². The first-order valence-corrected chi connectivity index (χ1v) is 7.66. The van der Waals surface area contributed by atoms with Gasteiger partial charge in [0.2, 0.25) is 0 Å². The van der Waals surface area contributed by atoms with Crippen LogP contribution in [0.5, 0.6) is 5.75 Å². The lowest BCUT2D eigenvalue weighted by atomic mass is 10.2. The maximum Gasteiger partial charge on any atom is 0.255 e. The first kappa shape index (κ1) is 15.9. The number of carbonyl (C=O) groups is 1. The molecule has 0 aliphatic carbocycles. The minimum atomic E-state index is -0.216. The second-order valence-corrected chi connectivity index (χ2v) is 6.06. The fraction of sp³-hybridized carbons (Fsp3) is 0.188. The van der Waals surface area contributed by atoms with Crippen LogP contribution >= 0.6 is 27.5 Å². The summed E-state index contributed by atoms with van der Waals surface area (Å²) in [6, 6.07) is 12.3. The minimum Gasteiger partial charge on any atom is -0.491 e. The van der Waals surface area contributed by atoms with Crippen LogP contribution in [0.3, 0.4) is 0 Å². The molecule has 0 atom stereocenters. The SMILES string of the molecule is CC(C)Oc1cccc(C(=O)Nc2cc(Cl)ccc2Br)c1. The number of carbonyl (C=O) groups excluding carboxylic acids is 1. The first-order valence-electron chi connectivity index (χ1n) is 6.49. The van der Waals surface area contributed by atoms with Gasteiger partial charge < -0.3 is 10.1 Å². The van der Waals surface area contributed by atoms with Gasteiger partial charge in [0, 0.05) is 15.1 Å². The molecule has 0 aliphatic heterocycles. The van der Waals surface area contributed by atoms with Crippen LogP contribution in [0.4, 0.5) is 5.69 Å². The highest BCUT2D eigenvalue weighted by molar-refractivity contribution is 9.10. The summed E-state index contributed by atoms with van der Waals surface area (Å²) in [6.07, 6.45) is 0.0605. The van der Waals surface area contributed by atoms with Gasteiger partial charge in [-0.25, -0.2) is 0 Å². The Labute approximate surface area is 137 Å². The summed E-state index contributed by atoms with van der Waals surface area (Å²) in [6.45, 7) is 3.88. The molecule has 2 rings (SSSR count). The maximum absolute atomic E-state index is 12.3. The Bertz CT molecular complexity index is 658. The Morgan fingerprint density at radius 3 is 2.71 bits per heavy atom. The number of anilines is 1. The van der Waals surface area contributed by atoms with Crippen LogP contribution in [-0.4, -0.2) is 12.0 Å². The molecule has 0 saturated carbocycles. The quantitative estimate of drug-likeness (QED) is 0.811. The average molecular weight is 369 g/mol. The molecule has 0 radical (unpaired) electrons. The van der Waals surface area contributed by atoms with Gasteiger partial charge in [-0.1, -0.05) is 17.7 Å². The normalized spacial score (nSPS) is 10.5. The number of hydrogen-bond acceptors (Lipinski definition) is 2. The van der Waals surface area contributed by atoms with Gasteiger partial charge in [0.1, 0.15) is 5.75 Å².